The van der Waals surface area contributed by atoms with E-state index in [1.807, 2.05) is 0 Å². The first-order valence-electron chi connectivity index (χ1n) is 5.39. The fourth-order valence-corrected chi connectivity index (χ4v) is 1.17. The third-order valence-electron chi connectivity index (χ3n) is 2.22. The van der Waals surface area contributed by atoms with Crippen molar-refractivity contribution in [2.45, 2.75) is 52.9 Å². The molecular formula is C11H24O. The van der Waals surface area contributed by atoms with Crippen molar-refractivity contribution < 1.29 is 4.74 Å². The molecule has 1 nitrogen and oxygen atoms in total. The van der Waals surface area contributed by atoms with Crippen LogP contribution in [0.3, 0.4) is 0 Å². The molecule has 1 saturated heterocycles. The van der Waals surface area contributed by atoms with Crippen LogP contribution in [0.4, 0.5) is 0 Å². The van der Waals surface area contributed by atoms with Gasteiger partial charge in [-0.05, 0) is 18.8 Å². The van der Waals surface area contributed by atoms with Gasteiger partial charge in [0.25, 0.3) is 0 Å². The Kier molecular flexibility index (Phi) is 9.02. The number of unbranched alkanes of at least 4 members (excludes halogenated alkanes) is 2. The maximum absolute atomic E-state index is 5.14. The monoisotopic (exact) mass is 172 g/mol. The van der Waals surface area contributed by atoms with E-state index in [4.69, 9.17) is 4.74 Å². The predicted molar refractivity (Wildman–Crippen MR) is 54.4 cm³/mol. The van der Waals surface area contributed by atoms with Gasteiger partial charge in [-0.15, -0.1) is 0 Å². The summed E-state index contributed by atoms with van der Waals surface area (Å²) in [6.45, 7) is 8.68. The number of rotatable bonds is 2. The molecular weight excluding hydrogens is 148 g/mol. The topological polar surface area (TPSA) is 9.23 Å². The van der Waals surface area contributed by atoms with E-state index in [0.717, 1.165) is 19.1 Å². The van der Waals surface area contributed by atoms with Crippen LogP contribution in [0.2, 0.25) is 0 Å². The van der Waals surface area contributed by atoms with Crippen molar-refractivity contribution >= 4 is 0 Å². The van der Waals surface area contributed by atoms with E-state index in [0.29, 0.717) is 0 Å². The highest BCUT2D eigenvalue weighted by Crippen LogP contribution is 2.11. The first-order valence-corrected chi connectivity index (χ1v) is 5.39. The Morgan fingerprint density at radius 1 is 1.08 bits per heavy atom. The lowest BCUT2D eigenvalue weighted by Gasteiger charge is -2.16. The smallest absolute Gasteiger partial charge is 0.0468 e. The molecule has 0 aromatic carbocycles. The molecule has 0 aromatic rings. The summed E-state index contributed by atoms with van der Waals surface area (Å²) in [6, 6.07) is 0. The second-order valence-electron chi connectivity index (χ2n) is 3.65. The lowest BCUT2D eigenvalue weighted by Crippen LogP contribution is -2.12. The minimum absolute atomic E-state index is 0.911. The van der Waals surface area contributed by atoms with Gasteiger partial charge in [0.1, 0.15) is 0 Å². The quantitative estimate of drug-likeness (QED) is 0.618. The van der Waals surface area contributed by atoms with Crippen LogP contribution >= 0.6 is 0 Å². The molecule has 0 spiro atoms. The lowest BCUT2D eigenvalue weighted by molar-refractivity contribution is 0.0716. The third-order valence-corrected chi connectivity index (χ3v) is 2.22. The van der Waals surface area contributed by atoms with Crippen LogP contribution in [0.15, 0.2) is 0 Å². The van der Waals surface area contributed by atoms with Crippen molar-refractivity contribution in [2.24, 2.45) is 5.92 Å². The van der Waals surface area contributed by atoms with Crippen LogP contribution in [-0.2, 0) is 4.74 Å². The van der Waals surface area contributed by atoms with Gasteiger partial charge in [0.2, 0.25) is 0 Å². The number of ether oxygens (including phenoxy) is 1. The van der Waals surface area contributed by atoms with Crippen molar-refractivity contribution in [2.75, 3.05) is 13.2 Å². The van der Waals surface area contributed by atoms with E-state index in [1.165, 1.54) is 32.1 Å². The molecule has 0 atom stereocenters. The molecule has 0 bridgehead atoms. The van der Waals surface area contributed by atoms with Gasteiger partial charge in [-0.2, -0.15) is 0 Å². The maximum atomic E-state index is 5.14. The van der Waals surface area contributed by atoms with Crippen LogP contribution in [0.25, 0.3) is 0 Å². The lowest BCUT2D eigenvalue weighted by atomic mass is 10.0. The molecule has 0 amide bonds. The summed E-state index contributed by atoms with van der Waals surface area (Å²) in [5.74, 6) is 0.911. The molecule has 1 rings (SSSR count). The molecule has 1 aliphatic rings. The second kappa shape index (κ2) is 9.05. The van der Waals surface area contributed by atoms with Crippen LogP contribution in [0.5, 0.6) is 0 Å². The van der Waals surface area contributed by atoms with E-state index < -0.39 is 0 Å². The van der Waals surface area contributed by atoms with Crippen LogP contribution in [0.1, 0.15) is 52.9 Å². The summed E-state index contributed by atoms with van der Waals surface area (Å²) in [7, 11) is 0. The Labute approximate surface area is 77.5 Å². The van der Waals surface area contributed by atoms with Crippen LogP contribution < -0.4 is 0 Å². The van der Waals surface area contributed by atoms with E-state index in [9.17, 15) is 0 Å². The van der Waals surface area contributed by atoms with Gasteiger partial charge in [-0.25, -0.2) is 0 Å². The predicted octanol–water partition coefficient (Wildman–Crippen LogP) is 3.63. The molecule has 1 heteroatoms. The van der Waals surface area contributed by atoms with E-state index in [1.54, 1.807) is 0 Å². The molecule has 1 heterocycles. The highest BCUT2D eigenvalue weighted by atomic mass is 16.5. The molecule has 0 N–H and O–H groups in total. The van der Waals surface area contributed by atoms with Crippen LogP contribution in [0, 0.1) is 5.92 Å². The highest BCUT2D eigenvalue weighted by Gasteiger charge is 2.06. The molecule has 1 fully saturated rings. The molecule has 0 aromatic heterocycles. The third kappa shape index (κ3) is 8.06. The SMILES string of the molecule is CC1CCOCC1.CCCCC. The minimum Gasteiger partial charge on any atom is -0.381 e. The van der Waals surface area contributed by atoms with Crippen molar-refractivity contribution in [1.82, 2.24) is 0 Å². The Morgan fingerprint density at radius 3 is 1.75 bits per heavy atom. The van der Waals surface area contributed by atoms with Gasteiger partial charge in [0, 0.05) is 13.2 Å². The van der Waals surface area contributed by atoms with Crippen molar-refractivity contribution in [3.63, 3.8) is 0 Å². The average Bonchev–Trinajstić information content (AvgIpc) is 2.08. The number of hydrogen-bond donors (Lipinski definition) is 0. The van der Waals surface area contributed by atoms with Gasteiger partial charge < -0.3 is 4.74 Å². The van der Waals surface area contributed by atoms with E-state index in [-0.39, 0.29) is 0 Å². The van der Waals surface area contributed by atoms with Gasteiger partial charge in [0.05, 0.1) is 0 Å². The molecule has 0 unspecified atom stereocenters. The van der Waals surface area contributed by atoms with Crippen molar-refractivity contribution in [3.8, 4) is 0 Å². The normalized spacial score (nSPS) is 18.2. The molecule has 74 valence electrons. The summed E-state index contributed by atoms with van der Waals surface area (Å²) in [4.78, 5) is 0. The highest BCUT2D eigenvalue weighted by molar-refractivity contribution is 4.55. The Balaban J connectivity index is 0.000000217. The van der Waals surface area contributed by atoms with Gasteiger partial charge >= 0.3 is 0 Å². The first-order chi connectivity index (χ1) is 5.81. The van der Waals surface area contributed by atoms with Gasteiger partial charge in [-0.1, -0.05) is 40.0 Å². The summed E-state index contributed by atoms with van der Waals surface area (Å²) in [6.07, 6.45) is 6.60. The Bertz CT molecular complexity index is 73.1. The van der Waals surface area contributed by atoms with Gasteiger partial charge in [-0.3, -0.25) is 0 Å². The minimum atomic E-state index is 0.911. The zero-order valence-corrected chi connectivity index (χ0v) is 8.94. The summed E-state index contributed by atoms with van der Waals surface area (Å²) in [5.41, 5.74) is 0. The maximum Gasteiger partial charge on any atom is 0.0468 e. The Hall–Kier alpha value is -0.0400. The molecule has 12 heavy (non-hydrogen) atoms. The summed E-state index contributed by atoms with van der Waals surface area (Å²) >= 11 is 0. The Morgan fingerprint density at radius 2 is 1.58 bits per heavy atom. The average molecular weight is 172 g/mol. The van der Waals surface area contributed by atoms with Crippen molar-refractivity contribution in [3.05, 3.63) is 0 Å². The summed E-state index contributed by atoms with van der Waals surface area (Å²) in [5, 5.41) is 0. The van der Waals surface area contributed by atoms with E-state index in [2.05, 4.69) is 20.8 Å². The van der Waals surface area contributed by atoms with Crippen LogP contribution in [-0.4, -0.2) is 13.2 Å². The molecule has 0 radical (unpaired) electrons. The van der Waals surface area contributed by atoms with Gasteiger partial charge in [0.15, 0.2) is 0 Å². The molecule has 0 saturated carbocycles. The molecule has 1 aliphatic heterocycles. The largest absolute Gasteiger partial charge is 0.381 e. The second-order valence-corrected chi connectivity index (χ2v) is 3.65. The zero-order valence-electron chi connectivity index (χ0n) is 8.94. The zero-order chi connectivity index (χ0) is 9.23. The molecule has 0 aliphatic carbocycles. The standard InChI is InChI=1S/C6H12O.C5H12/c1-6-2-4-7-5-3-6;1-3-5-4-2/h6H,2-5H2,1H3;3-5H2,1-2H3. The fraction of sp³-hybridized carbons (Fsp3) is 1.00. The number of hydrogen-bond acceptors (Lipinski definition) is 1. The van der Waals surface area contributed by atoms with E-state index >= 15 is 0 Å². The summed E-state index contributed by atoms with van der Waals surface area (Å²) < 4.78 is 5.14. The fourth-order valence-electron chi connectivity index (χ4n) is 1.17. The first kappa shape index (κ1) is 12.0. The van der Waals surface area contributed by atoms with Crippen molar-refractivity contribution in [1.29, 1.82) is 0 Å².